The number of fused-ring (bicyclic) bond motifs is 1. The third-order valence-corrected chi connectivity index (χ3v) is 4.92. The van der Waals surface area contributed by atoms with Crippen LogP contribution >= 0.6 is 0 Å². The van der Waals surface area contributed by atoms with Gasteiger partial charge in [0.1, 0.15) is 11.5 Å². The van der Waals surface area contributed by atoms with Crippen molar-refractivity contribution < 1.29 is 24.2 Å². The number of nitrogens with one attached hydrogen (secondary N) is 2. The van der Waals surface area contributed by atoms with E-state index in [4.69, 9.17) is 4.74 Å². The highest BCUT2D eigenvalue weighted by molar-refractivity contribution is 6.08. The largest absolute Gasteiger partial charge is 0.508 e. The summed E-state index contributed by atoms with van der Waals surface area (Å²) in [6.45, 7) is 0.263. The highest BCUT2D eigenvalue weighted by Gasteiger charge is 2.50. The molecule has 138 valence electrons. The zero-order valence-electron chi connectivity index (χ0n) is 14.5. The Kier molecular flexibility index (Phi) is 3.76. The van der Waals surface area contributed by atoms with Gasteiger partial charge in [-0.1, -0.05) is 12.1 Å². The number of amides is 4. The van der Waals surface area contributed by atoms with Crippen LogP contribution in [0.4, 0.5) is 4.79 Å². The number of nitrogens with zero attached hydrogens (tertiary/aromatic N) is 1. The molecular formula is C19H17N3O5. The smallest absolute Gasteiger partial charge is 0.322 e. The number of carbonyl (C=O) groups excluding carboxylic acids is 3. The molecule has 3 N–H and O–H groups in total. The van der Waals surface area contributed by atoms with E-state index in [-0.39, 0.29) is 18.2 Å². The van der Waals surface area contributed by atoms with Gasteiger partial charge in [0.05, 0.1) is 13.7 Å². The van der Waals surface area contributed by atoms with E-state index in [0.717, 1.165) is 5.56 Å². The lowest BCUT2D eigenvalue weighted by Crippen LogP contribution is -2.52. The van der Waals surface area contributed by atoms with Crippen LogP contribution in [0.1, 0.15) is 21.5 Å². The Morgan fingerprint density at radius 3 is 2.52 bits per heavy atom. The first-order valence-corrected chi connectivity index (χ1v) is 8.32. The number of benzene rings is 2. The molecule has 8 nitrogen and oxygen atoms in total. The molecule has 0 spiro atoms. The molecule has 0 aromatic heterocycles. The fourth-order valence-corrected chi connectivity index (χ4v) is 3.54. The minimum absolute atomic E-state index is 0.0365. The molecule has 2 aromatic carbocycles. The fourth-order valence-electron chi connectivity index (χ4n) is 3.54. The lowest BCUT2D eigenvalue weighted by Gasteiger charge is -2.31. The number of imide groups is 1. The van der Waals surface area contributed by atoms with Crippen molar-refractivity contribution in [1.29, 1.82) is 0 Å². The van der Waals surface area contributed by atoms with E-state index < -0.39 is 17.5 Å². The molecule has 0 aliphatic carbocycles. The van der Waals surface area contributed by atoms with Crippen LogP contribution in [-0.2, 0) is 16.9 Å². The van der Waals surface area contributed by atoms with E-state index in [1.165, 1.54) is 17.0 Å². The third kappa shape index (κ3) is 2.66. The Hall–Kier alpha value is -3.55. The molecule has 4 rings (SSSR count). The number of phenolic OH excluding ortho intramolecular Hbond substituents is 1. The number of methoxy groups -OCH3 is 1. The quantitative estimate of drug-likeness (QED) is 0.701. The van der Waals surface area contributed by atoms with Crippen LogP contribution in [-0.4, -0.2) is 41.5 Å². The number of aromatic hydroxyl groups is 1. The Morgan fingerprint density at radius 2 is 1.89 bits per heavy atom. The Labute approximate surface area is 154 Å². The number of urea groups is 1. The van der Waals surface area contributed by atoms with Gasteiger partial charge in [0.25, 0.3) is 11.8 Å². The predicted octanol–water partition coefficient (Wildman–Crippen LogP) is 1.09. The SMILES string of the molecule is COc1ccc2c(c1)CN(C[C@@]1(c3ccc(O)cc3)NC(=O)NC1=O)C2=O. The molecule has 0 radical (unpaired) electrons. The van der Waals surface area contributed by atoms with E-state index in [1.807, 2.05) is 0 Å². The van der Waals surface area contributed by atoms with Crippen molar-refractivity contribution in [3.63, 3.8) is 0 Å². The first kappa shape index (κ1) is 16.9. The summed E-state index contributed by atoms with van der Waals surface area (Å²) in [4.78, 5) is 38.8. The zero-order valence-corrected chi connectivity index (χ0v) is 14.5. The minimum Gasteiger partial charge on any atom is -0.508 e. The lowest BCUT2D eigenvalue weighted by atomic mass is 9.89. The summed E-state index contributed by atoms with van der Waals surface area (Å²) in [6, 6.07) is 10.5. The third-order valence-electron chi connectivity index (χ3n) is 4.92. The van der Waals surface area contributed by atoms with Gasteiger partial charge in [0.15, 0.2) is 5.54 Å². The second-order valence-electron chi connectivity index (χ2n) is 6.54. The van der Waals surface area contributed by atoms with Crippen molar-refractivity contribution in [2.24, 2.45) is 0 Å². The molecule has 1 atom stereocenters. The van der Waals surface area contributed by atoms with Gasteiger partial charge < -0.3 is 20.1 Å². The number of ether oxygens (including phenoxy) is 1. The highest BCUT2D eigenvalue weighted by Crippen LogP contribution is 2.32. The summed E-state index contributed by atoms with van der Waals surface area (Å²) in [5, 5.41) is 14.4. The molecule has 27 heavy (non-hydrogen) atoms. The Balaban J connectivity index is 1.69. The molecule has 4 amide bonds. The normalized spacial score (nSPS) is 21.1. The molecule has 2 aromatic rings. The topological polar surface area (TPSA) is 108 Å². The van der Waals surface area contributed by atoms with Crippen molar-refractivity contribution in [1.82, 2.24) is 15.5 Å². The summed E-state index contributed by atoms with van der Waals surface area (Å²) in [5.74, 6) is -0.0850. The van der Waals surface area contributed by atoms with Crippen molar-refractivity contribution in [3.05, 3.63) is 59.2 Å². The summed E-state index contributed by atoms with van der Waals surface area (Å²) >= 11 is 0. The van der Waals surface area contributed by atoms with Crippen LogP contribution in [0.3, 0.4) is 0 Å². The summed E-state index contributed by atoms with van der Waals surface area (Å²) in [7, 11) is 1.55. The van der Waals surface area contributed by atoms with Crippen molar-refractivity contribution in [2.45, 2.75) is 12.1 Å². The maximum absolute atomic E-state index is 12.8. The molecule has 2 heterocycles. The summed E-state index contributed by atoms with van der Waals surface area (Å²) in [6.07, 6.45) is 0. The van der Waals surface area contributed by atoms with Crippen molar-refractivity contribution in [3.8, 4) is 11.5 Å². The van der Waals surface area contributed by atoms with E-state index in [9.17, 15) is 19.5 Å². The van der Waals surface area contributed by atoms with Crippen molar-refractivity contribution in [2.75, 3.05) is 13.7 Å². The van der Waals surface area contributed by atoms with Gasteiger partial charge in [-0.3, -0.25) is 14.9 Å². The molecule has 1 saturated heterocycles. The molecule has 0 saturated carbocycles. The van der Waals surface area contributed by atoms with E-state index in [1.54, 1.807) is 37.4 Å². The van der Waals surface area contributed by atoms with Crippen LogP contribution in [0.5, 0.6) is 11.5 Å². The number of hydrogen-bond acceptors (Lipinski definition) is 5. The number of hydrogen-bond donors (Lipinski definition) is 3. The molecule has 2 aliphatic heterocycles. The van der Waals surface area contributed by atoms with Gasteiger partial charge in [-0.25, -0.2) is 4.79 Å². The molecule has 8 heteroatoms. The van der Waals surface area contributed by atoms with E-state index in [0.29, 0.717) is 23.4 Å². The molecule has 1 fully saturated rings. The maximum atomic E-state index is 12.8. The Bertz CT molecular complexity index is 956. The monoisotopic (exact) mass is 367 g/mol. The van der Waals surface area contributed by atoms with Crippen LogP contribution in [0.25, 0.3) is 0 Å². The van der Waals surface area contributed by atoms with Crippen LogP contribution in [0.2, 0.25) is 0 Å². The van der Waals surface area contributed by atoms with Crippen LogP contribution in [0, 0.1) is 0 Å². The molecule has 0 bridgehead atoms. The number of phenols is 1. The average Bonchev–Trinajstić information content (AvgIpc) is 3.11. The second-order valence-corrected chi connectivity index (χ2v) is 6.54. The second kappa shape index (κ2) is 6.01. The maximum Gasteiger partial charge on any atom is 0.322 e. The zero-order chi connectivity index (χ0) is 19.2. The summed E-state index contributed by atoms with van der Waals surface area (Å²) in [5.41, 5.74) is 0.392. The van der Waals surface area contributed by atoms with Gasteiger partial charge >= 0.3 is 6.03 Å². The van der Waals surface area contributed by atoms with Gasteiger partial charge in [0, 0.05) is 12.1 Å². The van der Waals surface area contributed by atoms with Gasteiger partial charge in [-0.15, -0.1) is 0 Å². The number of rotatable bonds is 4. The standard InChI is InChI=1S/C19H17N3O5/c1-27-14-6-7-15-11(8-14)9-22(16(15)24)10-19(17(25)20-18(26)21-19)12-2-4-13(23)5-3-12/h2-8,23H,9-10H2,1H3,(H2,20,21,25,26)/t19-/m0/s1. The Morgan fingerprint density at radius 1 is 1.15 bits per heavy atom. The predicted molar refractivity (Wildman–Crippen MR) is 94.2 cm³/mol. The molecule has 2 aliphatic rings. The van der Waals surface area contributed by atoms with Crippen molar-refractivity contribution >= 4 is 17.8 Å². The van der Waals surface area contributed by atoms with Crippen LogP contribution in [0.15, 0.2) is 42.5 Å². The van der Waals surface area contributed by atoms with Crippen LogP contribution < -0.4 is 15.4 Å². The minimum atomic E-state index is -1.42. The molecule has 0 unspecified atom stereocenters. The van der Waals surface area contributed by atoms with Gasteiger partial charge in [-0.2, -0.15) is 0 Å². The highest BCUT2D eigenvalue weighted by atomic mass is 16.5. The van der Waals surface area contributed by atoms with Gasteiger partial charge in [-0.05, 0) is 41.5 Å². The summed E-state index contributed by atoms with van der Waals surface area (Å²) < 4.78 is 5.20. The van der Waals surface area contributed by atoms with E-state index in [2.05, 4.69) is 10.6 Å². The first-order chi connectivity index (χ1) is 12.9. The first-order valence-electron chi connectivity index (χ1n) is 8.32. The average molecular weight is 367 g/mol. The van der Waals surface area contributed by atoms with Gasteiger partial charge in [0.2, 0.25) is 0 Å². The molecular weight excluding hydrogens is 350 g/mol. The number of carbonyl (C=O) groups is 3. The van der Waals surface area contributed by atoms with E-state index >= 15 is 0 Å². The lowest BCUT2D eigenvalue weighted by molar-refractivity contribution is -0.124. The fraction of sp³-hybridized carbons (Fsp3) is 0.211.